The van der Waals surface area contributed by atoms with Crippen LogP contribution in [0.2, 0.25) is 0 Å². The highest BCUT2D eigenvalue weighted by atomic mass is 19.1. The molecule has 140 valence electrons. The largest absolute Gasteiger partial charge is 0.465 e. The molecule has 0 bridgehead atoms. The number of nitrogens with one attached hydrogen (secondary N) is 1. The predicted molar refractivity (Wildman–Crippen MR) is 99.0 cm³/mol. The summed E-state index contributed by atoms with van der Waals surface area (Å²) in [7, 11) is 2.96. The second kappa shape index (κ2) is 7.19. The van der Waals surface area contributed by atoms with Crippen molar-refractivity contribution in [1.29, 1.82) is 0 Å². The number of nitrogens with zero attached hydrogens (tertiary/aromatic N) is 2. The van der Waals surface area contributed by atoms with Crippen LogP contribution in [0.5, 0.6) is 0 Å². The molecule has 1 heterocycles. The molecule has 0 unspecified atom stereocenters. The molecule has 5 nitrogen and oxygen atoms in total. The van der Waals surface area contributed by atoms with E-state index in [1.54, 1.807) is 41.6 Å². The summed E-state index contributed by atoms with van der Waals surface area (Å²) in [6, 6.07) is 6.05. The zero-order chi connectivity index (χ0) is 19.7. The molecule has 0 radical (unpaired) electrons. The lowest BCUT2D eigenvalue weighted by Gasteiger charge is -2.13. The van der Waals surface area contributed by atoms with Crippen molar-refractivity contribution in [2.75, 3.05) is 12.4 Å². The van der Waals surface area contributed by atoms with Crippen molar-refractivity contribution >= 4 is 28.4 Å². The van der Waals surface area contributed by atoms with E-state index in [-0.39, 0.29) is 22.5 Å². The topological polar surface area (TPSA) is 47.1 Å². The first-order chi connectivity index (χ1) is 12.9. The van der Waals surface area contributed by atoms with Crippen molar-refractivity contribution in [2.24, 2.45) is 7.05 Å². The van der Waals surface area contributed by atoms with Crippen LogP contribution < -0.4 is 9.88 Å². The number of esters is 1. The third kappa shape index (κ3) is 3.28. The van der Waals surface area contributed by atoms with Crippen LogP contribution in [-0.4, -0.2) is 17.6 Å². The summed E-state index contributed by atoms with van der Waals surface area (Å²) in [6.45, 7) is 5.81. The van der Waals surface area contributed by atoms with Gasteiger partial charge in [0.15, 0.2) is 11.3 Å². The Balaban J connectivity index is 2.27. The maximum atomic E-state index is 15.5. The van der Waals surface area contributed by atoms with Gasteiger partial charge in [-0.3, -0.25) is 0 Å². The van der Waals surface area contributed by atoms with Gasteiger partial charge in [0.25, 0.3) is 0 Å². The fourth-order valence-electron chi connectivity index (χ4n) is 3.02. The van der Waals surface area contributed by atoms with E-state index in [9.17, 15) is 9.18 Å². The van der Waals surface area contributed by atoms with Crippen LogP contribution in [0.1, 0.15) is 15.9 Å². The summed E-state index contributed by atoms with van der Waals surface area (Å²) in [4.78, 5) is 12.2. The molecule has 0 saturated heterocycles. The minimum absolute atomic E-state index is 0.0190. The van der Waals surface area contributed by atoms with Crippen LogP contribution in [0.4, 0.5) is 20.2 Å². The number of carbonyl (C=O) groups is 1. The summed E-state index contributed by atoms with van der Waals surface area (Å²) >= 11 is 0. The van der Waals surface area contributed by atoms with Gasteiger partial charge < -0.3 is 10.1 Å². The Bertz CT molecular complexity index is 1060. The van der Waals surface area contributed by atoms with Crippen LogP contribution >= 0.6 is 0 Å². The van der Waals surface area contributed by atoms with Crippen molar-refractivity contribution < 1.29 is 22.9 Å². The normalized spacial score (nSPS) is 10.9. The van der Waals surface area contributed by atoms with Gasteiger partial charge in [0.1, 0.15) is 12.4 Å². The highest BCUT2D eigenvalue weighted by Gasteiger charge is 2.27. The molecule has 0 aliphatic heterocycles. The number of imidazole rings is 1. The first kappa shape index (κ1) is 18.6. The van der Waals surface area contributed by atoms with Gasteiger partial charge in [0.2, 0.25) is 11.8 Å². The number of aryl methyl sites for hydroxylation is 2. The molecule has 3 aromatic rings. The summed E-state index contributed by atoms with van der Waals surface area (Å²) in [5.41, 5.74) is 1.42. The molecule has 0 aliphatic rings. The van der Waals surface area contributed by atoms with Crippen LogP contribution in [0, 0.1) is 18.6 Å². The van der Waals surface area contributed by atoms with E-state index in [0.717, 1.165) is 5.56 Å². The fraction of sp³-hybridized carbons (Fsp3) is 0.200. The Labute approximate surface area is 155 Å². The number of benzene rings is 2. The maximum absolute atomic E-state index is 15.5. The smallest absolute Gasteiger partial charge is 0.340 e. The third-order valence-corrected chi connectivity index (χ3v) is 4.32. The zero-order valence-corrected chi connectivity index (χ0v) is 15.3. The van der Waals surface area contributed by atoms with Crippen LogP contribution in [0.3, 0.4) is 0 Å². The molecule has 3 rings (SSSR count). The van der Waals surface area contributed by atoms with Crippen molar-refractivity contribution in [3.63, 3.8) is 0 Å². The molecule has 0 atom stereocenters. The number of anilines is 2. The first-order valence-corrected chi connectivity index (χ1v) is 8.30. The highest BCUT2D eigenvalue weighted by molar-refractivity contribution is 6.01. The van der Waals surface area contributed by atoms with E-state index in [0.29, 0.717) is 12.1 Å². The number of carbonyl (C=O) groups excluding carboxylic acids is 1. The van der Waals surface area contributed by atoms with Gasteiger partial charge in [-0.25, -0.2) is 18.3 Å². The Morgan fingerprint density at radius 2 is 2.11 bits per heavy atom. The molecule has 0 saturated carbocycles. The number of aromatic nitrogens is 2. The summed E-state index contributed by atoms with van der Waals surface area (Å²) < 4.78 is 37.9. The number of methoxy groups -OCH3 is 1. The number of fused-ring (bicyclic) bond motifs is 1. The highest BCUT2D eigenvalue weighted by Crippen LogP contribution is 2.31. The van der Waals surface area contributed by atoms with E-state index < -0.39 is 17.6 Å². The molecule has 0 spiro atoms. The number of ether oxygens (including phenoxy) is 1. The lowest BCUT2D eigenvalue weighted by Crippen LogP contribution is -2.32. The van der Waals surface area contributed by atoms with Gasteiger partial charge in [-0.05, 0) is 24.6 Å². The van der Waals surface area contributed by atoms with E-state index in [2.05, 4.69) is 11.9 Å². The molecule has 0 aliphatic carbocycles. The first-order valence-electron chi connectivity index (χ1n) is 8.30. The summed E-state index contributed by atoms with van der Waals surface area (Å²) in [6.07, 6.45) is 3.34. The number of rotatable bonds is 5. The van der Waals surface area contributed by atoms with Crippen molar-refractivity contribution in [2.45, 2.75) is 13.5 Å². The Morgan fingerprint density at radius 1 is 1.37 bits per heavy atom. The van der Waals surface area contributed by atoms with Gasteiger partial charge in [-0.2, -0.15) is 4.39 Å². The molecular formula is C20H20F2N3O2+. The molecule has 0 amide bonds. The summed E-state index contributed by atoms with van der Waals surface area (Å²) in [5, 5.41) is 2.72. The van der Waals surface area contributed by atoms with Gasteiger partial charge >= 0.3 is 5.97 Å². The Morgan fingerprint density at radius 3 is 2.74 bits per heavy atom. The van der Waals surface area contributed by atoms with Crippen molar-refractivity contribution in [1.82, 2.24) is 4.57 Å². The minimum atomic E-state index is -0.720. The second-order valence-electron chi connectivity index (χ2n) is 6.25. The molecule has 7 heteroatoms. The monoisotopic (exact) mass is 372 g/mol. The molecule has 1 aromatic heterocycles. The summed E-state index contributed by atoms with van der Waals surface area (Å²) in [5.74, 6) is -1.94. The van der Waals surface area contributed by atoms with Crippen molar-refractivity contribution in [3.8, 4) is 0 Å². The maximum Gasteiger partial charge on any atom is 0.340 e. The lowest BCUT2D eigenvalue weighted by molar-refractivity contribution is -0.662. The quantitative estimate of drug-likeness (QED) is 0.421. The molecule has 2 aromatic carbocycles. The van der Waals surface area contributed by atoms with E-state index in [4.69, 9.17) is 4.74 Å². The number of hydrogen-bond acceptors (Lipinski definition) is 3. The Hall–Kier alpha value is -3.22. The lowest BCUT2D eigenvalue weighted by atomic mass is 10.1. The van der Waals surface area contributed by atoms with E-state index >= 15 is 4.39 Å². The molecule has 27 heavy (non-hydrogen) atoms. The van der Waals surface area contributed by atoms with Gasteiger partial charge in [-0.1, -0.05) is 18.7 Å². The van der Waals surface area contributed by atoms with Gasteiger partial charge in [0.05, 0.1) is 31.1 Å². The van der Waals surface area contributed by atoms with Gasteiger partial charge in [0, 0.05) is 6.07 Å². The molecule has 1 N–H and O–H groups in total. The average Bonchev–Trinajstić information content (AvgIpc) is 2.94. The third-order valence-electron chi connectivity index (χ3n) is 4.32. The SMILES string of the molecule is C=CC[n+]1cn(C)c2cc(C(=O)OC)c(Nc3ccc(C)cc3F)c(F)c21. The molecule has 0 fully saturated rings. The number of allylic oxidation sites excluding steroid dienone is 1. The average molecular weight is 372 g/mol. The molecular weight excluding hydrogens is 352 g/mol. The zero-order valence-electron chi connectivity index (χ0n) is 15.3. The predicted octanol–water partition coefficient (Wildman–Crippen LogP) is 3.77. The fourth-order valence-corrected chi connectivity index (χ4v) is 3.02. The van der Waals surface area contributed by atoms with Gasteiger partial charge in [-0.15, -0.1) is 0 Å². The second-order valence-corrected chi connectivity index (χ2v) is 6.25. The van der Waals surface area contributed by atoms with Crippen LogP contribution in [0.15, 0.2) is 43.2 Å². The van der Waals surface area contributed by atoms with E-state index in [1.807, 2.05) is 0 Å². The standard InChI is InChI=1S/C20H19F2N3O2/c1-5-8-25-11-24(3)16-10-13(20(26)27-4)18(17(22)19(16)25)23-15-7-6-12(2)9-14(15)21/h5-7,9-11H,1,8H2,2-4H3/p+1. The Kier molecular flexibility index (Phi) is 4.94. The van der Waals surface area contributed by atoms with Crippen molar-refractivity contribution in [3.05, 3.63) is 66.0 Å². The van der Waals surface area contributed by atoms with Crippen LogP contribution in [-0.2, 0) is 18.3 Å². The van der Waals surface area contributed by atoms with Crippen LogP contribution in [0.25, 0.3) is 11.0 Å². The van der Waals surface area contributed by atoms with E-state index in [1.165, 1.54) is 25.3 Å². The number of hydrogen-bond donors (Lipinski definition) is 1. The number of halogens is 2. The minimum Gasteiger partial charge on any atom is -0.465 e.